The number of benzene rings is 1. The summed E-state index contributed by atoms with van der Waals surface area (Å²) in [5, 5.41) is 11.5. The fourth-order valence-electron chi connectivity index (χ4n) is 1.47. The summed E-state index contributed by atoms with van der Waals surface area (Å²) in [6.45, 7) is 3.75. The van der Waals surface area contributed by atoms with Crippen LogP contribution < -0.4 is 5.32 Å². The van der Waals surface area contributed by atoms with Gasteiger partial charge in [-0.3, -0.25) is 4.79 Å². The van der Waals surface area contributed by atoms with Crippen LogP contribution in [-0.2, 0) is 16.1 Å². The van der Waals surface area contributed by atoms with Gasteiger partial charge in [-0.05, 0) is 31.0 Å². The zero-order valence-electron chi connectivity index (χ0n) is 10.6. The Bertz CT molecular complexity index is 407. The zero-order valence-corrected chi connectivity index (χ0v) is 10.6. The maximum absolute atomic E-state index is 11.5. The number of carbonyl (C=O) groups excluding carboxylic acids is 1. The van der Waals surface area contributed by atoms with Crippen LogP contribution in [-0.4, -0.2) is 19.1 Å². The van der Waals surface area contributed by atoms with Crippen molar-refractivity contribution in [3.05, 3.63) is 35.4 Å². The molecule has 0 saturated heterocycles. The SMILES string of the molecule is CCOCCCC(=O)NCc1ccc(C#N)cc1. The quantitative estimate of drug-likeness (QED) is 0.748. The van der Waals surface area contributed by atoms with Crippen molar-refractivity contribution >= 4 is 5.91 Å². The van der Waals surface area contributed by atoms with Crippen LogP contribution in [0.1, 0.15) is 30.9 Å². The highest BCUT2D eigenvalue weighted by Crippen LogP contribution is 2.03. The Morgan fingerprint density at radius 1 is 1.39 bits per heavy atom. The Labute approximate surface area is 108 Å². The van der Waals surface area contributed by atoms with E-state index >= 15 is 0 Å². The van der Waals surface area contributed by atoms with Crippen molar-refractivity contribution in [1.29, 1.82) is 5.26 Å². The average Bonchev–Trinajstić information content (AvgIpc) is 2.42. The summed E-state index contributed by atoms with van der Waals surface area (Å²) in [6.07, 6.45) is 1.23. The Hall–Kier alpha value is -1.86. The summed E-state index contributed by atoms with van der Waals surface area (Å²) in [6, 6.07) is 9.24. The number of rotatable bonds is 7. The molecular formula is C14H18N2O2. The van der Waals surface area contributed by atoms with Crippen LogP contribution in [0.25, 0.3) is 0 Å². The van der Waals surface area contributed by atoms with Crippen molar-refractivity contribution < 1.29 is 9.53 Å². The average molecular weight is 246 g/mol. The van der Waals surface area contributed by atoms with Crippen molar-refractivity contribution in [2.45, 2.75) is 26.3 Å². The van der Waals surface area contributed by atoms with Gasteiger partial charge >= 0.3 is 0 Å². The molecule has 0 saturated carbocycles. The first-order valence-electron chi connectivity index (χ1n) is 6.09. The lowest BCUT2D eigenvalue weighted by Gasteiger charge is -2.05. The summed E-state index contributed by atoms with van der Waals surface area (Å²) in [5.74, 6) is 0.0269. The molecular weight excluding hydrogens is 228 g/mol. The molecule has 1 aromatic rings. The first kappa shape index (κ1) is 14.2. The van der Waals surface area contributed by atoms with Crippen LogP contribution >= 0.6 is 0 Å². The van der Waals surface area contributed by atoms with E-state index in [-0.39, 0.29) is 5.91 Å². The van der Waals surface area contributed by atoms with E-state index in [4.69, 9.17) is 10.00 Å². The fourth-order valence-corrected chi connectivity index (χ4v) is 1.47. The van der Waals surface area contributed by atoms with E-state index in [2.05, 4.69) is 11.4 Å². The fraction of sp³-hybridized carbons (Fsp3) is 0.429. The van der Waals surface area contributed by atoms with Gasteiger partial charge in [-0.2, -0.15) is 5.26 Å². The second kappa shape index (κ2) is 8.26. The molecule has 0 aromatic heterocycles. The van der Waals surface area contributed by atoms with Crippen molar-refractivity contribution in [3.63, 3.8) is 0 Å². The predicted octanol–water partition coefficient (Wildman–Crippen LogP) is 1.99. The van der Waals surface area contributed by atoms with Crippen molar-refractivity contribution in [1.82, 2.24) is 5.32 Å². The van der Waals surface area contributed by atoms with Crippen molar-refractivity contribution in [2.24, 2.45) is 0 Å². The molecule has 0 unspecified atom stereocenters. The lowest BCUT2D eigenvalue weighted by Crippen LogP contribution is -2.22. The van der Waals surface area contributed by atoms with Crippen LogP contribution in [0, 0.1) is 11.3 Å². The van der Waals surface area contributed by atoms with Gasteiger partial charge < -0.3 is 10.1 Å². The van der Waals surface area contributed by atoms with Gasteiger partial charge in [0.05, 0.1) is 11.6 Å². The summed E-state index contributed by atoms with van der Waals surface area (Å²) in [5.41, 5.74) is 1.62. The highest BCUT2D eigenvalue weighted by Gasteiger charge is 2.01. The molecule has 0 bridgehead atoms. The first-order chi connectivity index (χ1) is 8.76. The van der Waals surface area contributed by atoms with Gasteiger partial charge in [-0.1, -0.05) is 12.1 Å². The van der Waals surface area contributed by atoms with E-state index < -0.39 is 0 Å². The molecule has 0 aliphatic heterocycles. The van der Waals surface area contributed by atoms with Crippen molar-refractivity contribution in [3.8, 4) is 6.07 Å². The van der Waals surface area contributed by atoms with Crippen LogP contribution in [0.2, 0.25) is 0 Å². The van der Waals surface area contributed by atoms with Gasteiger partial charge in [-0.15, -0.1) is 0 Å². The number of nitriles is 1. The van der Waals surface area contributed by atoms with E-state index in [1.165, 1.54) is 0 Å². The van der Waals surface area contributed by atoms with Crippen molar-refractivity contribution in [2.75, 3.05) is 13.2 Å². The lowest BCUT2D eigenvalue weighted by molar-refractivity contribution is -0.121. The second-order valence-corrected chi connectivity index (χ2v) is 3.89. The predicted molar refractivity (Wildman–Crippen MR) is 68.7 cm³/mol. The highest BCUT2D eigenvalue weighted by atomic mass is 16.5. The van der Waals surface area contributed by atoms with Crippen LogP contribution in [0.3, 0.4) is 0 Å². The van der Waals surface area contributed by atoms with Gasteiger partial charge in [0.2, 0.25) is 5.91 Å². The minimum absolute atomic E-state index is 0.0269. The smallest absolute Gasteiger partial charge is 0.220 e. The minimum atomic E-state index is 0.0269. The van der Waals surface area contributed by atoms with E-state index in [1.807, 2.05) is 19.1 Å². The van der Waals surface area contributed by atoms with E-state index in [1.54, 1.807) is 12.1 Å². The minimum Gasteiger partial charge on any atom is -0.382 e. The highest BCUT2D eigenvalue weighted by molar-refractivity contribution is 5.75. The van der Waals surface area contributed by atoms with Crippen LogP contribution in [0.4, 0.5) is 0 Å². The third-order valence-electron chi connectivity index (χ3n) is 2.47. The van der Waals surface area contributed by atoms with Gasteiger partial charge in [0.25, 0.3) is 0 Å². The lowest BCUT2D eigenvalue weighted by atomic mass is 10.1. The molecule has 18 heavy (non-hydrogen) atoms. The molecule has 0 fully saturated rings. The third-order valence-corrected chi connectivity index (χ3v) is 2.47. The Morgan fingerprint density at radius 3 is 2.72 bits per heavy atom. The Kier molecular flexibility index (Phi) is 6.52. The summed E-state index contributed by atoms with van der Waals surface area (Å²) < 4.78 is 5.16. The molecule has 1 amide bonds. The van der Waals surface area contributed by atoms with Gasteiger partial charge in [0, 0.05) is 26.2 Å². The normalized spacial score (nSPS) is 9.78. The van der Waals surface area contributed by atoms with E-state index in [0.717, 1.165) is 12.0 Å². The van der Waals surface area contributed by atoms with Crippen LogP contribution in [0.15, 0.2) is 24.3 Å². The molecule has 0 aliphatic carbocycles. The zero-order chi connectivity index (χ0) is 13.2. The molecule has 4 nitrogen and oxygen atoms in total. The third kappa shape index (κ3) is 5.46. The molecule has 1 aromatic carbocycles. The molecule has 0 spiro atoms. The van der Waals surface area contributed by atoms with Gasteiger partial charge in [0.1, 0.15) is 0 Å². The maximum atomic E-state index is 11.5. The first-order valence-corrected chi connectivity index (χ1v) is 6.09. The molecule has 0 aliphatic rings. The summed E-state index contributed by atoms with van der Waals surface area (Å²) in [4.78, 5) is 11.5. The molecule has 4 heteroatoms. The largest absolute Gasteiger partial charge is 0.382 e. The van der Waals surface area contributed by atoms with Gasteiger partial charge in [-0.25, -0.2) is 0 Å². The number of nitrogens with zero attached hydrogens (tertiary/aromatic N) is 1. The Balaban J connectivity index is 2.23. The standard InChI is InChI=1S/C14H18N2O2/c1-2-18-9-3-4-14(17)16-11-13-7-5-12(10-15)6-8-13/h5-8H,2-4,9,11H2,1H3,(H,16,17). The number of nitrogens with one attached hydrogen (secondary N) is 1. The molecule has 96 valence electrons. The molecule has 1 N–H and O–H groups in total. The van der Waals surface area contributed by atoms with Gasteiger partial charge in [0.15, 0.2) is 0 Å². The molecule has 0 atom stereocenters. The Morgan fingerprint density at radius 2 is 2.11 bits per heavy atom. The topological polar surface area (TPSA) is 62.1 Å². The summed E-state index contributed by atoms with van der Waals surface area (Å²) >= 11 is 0. The number of carbonyl (C=O) groups is 1. The number of hydrogen-bond acceptors (Lipinski definition) is 3. The van der Waals surface area contributed by atoms with Crippen LogP contribution in [0.5, 0.6) is 0 Å². The molecule has 0 heterocycles. The maximum Gasteiger partial charge on any atom is 0.220 e. The number of ether oxygens (including phenoxy) is 1. The molecule has 0 radical (unpaired) electrons. The number of hydrogen-bond donors (Lipinski definition) is 1. The summed E-state index contributed by atoms with van der Waals surface area (Å²) in [7, 11) is 0. The van der Waals surface area contributed by atoms with E-state index in [9.17, 15) is 4.79 Å². The van der Waals surface area contributed by atoms with E-state index in [0.29, 0.717) is 31.7 Å². The molecule has 1 rings (SSSR count). The second-order valence-electron chi connectivity index (χ2n) is 3.89. The monoisotopic (exact) mass is 246 g/mol. The number of amides is 1.